The van der Waals surface area contributed by atoms with E-state index in [4.69, 9.17) is 5.73 Å². The maximum atomic E-state index is 11.4. The van der Waals surface area contributed by atoms with Crippen molar-refractivity contribution in [3.63, 3.8) is 0 Å². The summed E-state index contributed by atoms with van der Waals surface area (Å²) in [5, 5.41) is 2.90. The van der Waals surface area contributed by atoms with Gasteiger partial charge in [0.15, 0.2) is 0 Å². The van der Waals surface area contributed by atoms with Crippen LogP contribution in [-0.4, -0.2) is 18.5 Å². The lowest BCUT2D eigenvalue weighted by atomic mass is 10.0. The van der Waals surface area contributed by atoms with Gasteiger partial charge in [0.05, 0.1) is 0 Å². The summed E-state index contributed by atoms with van der Waals surface area (Å²) in [7, 11) is 0. The van der Waals surface area contributed by atoms with Crippen molar-refractivity contribution in [3.05, 3.63) is 34.9 Å². The molecule has 0 aromatic heterocycles. The number of nitrogens with one attached hydrogen (secondary N) is 1. The van der Waals surface area contributed by atoms with Crippen LogP contribution in [0.4, 0.5) is 0 Å². The first-order valence-electron chi connectivity index (χ1n) is 6.08. The Hall–Kier alpha value is -1.06. The summed E-state index contributed by atoms with van der Waals surface area (Å²) >= 11 is 0. The average Bonchev–Trinajstić information content (AvgIpc) is 2.21. The highest BCUT2D eigenvalue weighted by Gasteiger charge is 2.05. The Morgan fingerprint density at radius 3 is 2.39 bits per heavy atom. The van der Waals surface area contributed by atoms with E-state index in [2.05, 4.69) is 37.4 Å². The molecule has 1 rings (SSSR count). The molecular formula is C14H23ClN2O. The van der Waals surface area contributed by atoms with Gasteiger partial charge in [-0.3, -0.25) is 4.79 Å². The van der Waals surface area contributed by atoms with Crippen molar-refractivity contribution in [1.82, 2.24) is 5.32 Å². The van der Waals surface area contributed by atoms with Crippen LogP contribution in [0.15, 0.2) is 18.2 Å². The third-order valence-electron chi connectivity index (χ3n) is 2.85. The number of halogens is 1. The zero-order valence-corrected chi connectivity index (χ0v) is 12.1. The molecule has 0 saturated heterocycles. The Balaban J connectivity index is 0.00000289. The van der Waals surface area contributed by atoms with Crippen LogP contribution in [0, 0.1) is 13.8 Å². The second kappa shape index (κ2) is 8.11. The highest BCUT2D eigenvalue weighted by Crippen LogP contribution is 2.13. The van der Waals surface area contributed by atoms with Crippen molar-refractivity contribution < 1.29 is 4.79 Å². The van der Waals surface area contributed by atoms with Crippen molar-refractivity contribution in [2.45, 2.75) is 39.7 Å². The van der Waals surface area contributed by atoms with Gasteiger partial charge in [0, 0.05) is 19.0 Å². The summed E-state index contributed by atoms with van der Waals surface area (Å²) in [6.07, 6.45) is 1.27. The van der Waals surface area contributed by atoms with Crippen LogP contribution in [0.3, 0.4) is 0 Å². The molecule has 1 aromatic rings. The number of aryl methyl sites for hydroxylation is 2. The number of hydrogen-bond donors (Lipinski definition) is 2. The molecule has 0 aliphatic heterocycles. The van der Waals surface area contributed by atoms with Gasteiger partial charge in [-0.1, -0.05) is 18.2 Å². The van der Waals surface area contributed by atoms with E-state index in [1.807, 2.05) is 6.92 Å². The predicted octanol–water partition coefficient (Wildman–Crippen LogP) is 2.12. The molecule has 0 saturated carbocycles. The molecule has 0 spiro atoms. The summed E-state index contributed by atoms with van der Waals surface area (Å²) < 4.78 is 0. The molecule has 3 N–H and O–H groups in total. The molecule has 102 valence electrons. The van der Waals surface area contributed by atoms with Crippen LogP contribution in [0.2, 0.25) is 0 Å². The maximum absolute atomic E-state index is 11.4. The number of carbonyl (C=O) groups excluding carboxylic acids is 1. The van der Waals surface area contributed by atoms with E-state index in [1.54, 1.807) is 0 Å². The second-order valence-electron chi connectivity index (χ2n) is 4.65. The minimum absolute atomic E-state index is 0. The summed E-state index contributed by atoms with van der Waals surface area (Å²) in [5.41, 5.74) is 9.46. The number of benzene rings is 1. The average molecular weight is 271 g/mol. The highest BCUT2D eigenvalue weighted by molar-refractivity contribution is 5.85. The molecule has 18 heavy (non-hydrogen) atoms. The minimum Gasteiger partial charge on any atom is -0.356 e. The number of amides is 1. The standard InChI is InChI=1S/C14H22N2O.ClH/c1-10-5-4-6-11(2)13(10)7-8-16-14(17)9-12(3)15;/h4-6,12H,7-9,15H2,1-3H3,(H,16,17);1H. The van der Waals surface area contributed by atoms with E-state index in [9.17, 15) is 4.79 Å². The van der Waals surface area contributed by atoms with E-state index in [0.717, 1.165) is 6.42 Å². The number of rotatable bonds is 5. The van der Waals surface area contributed by atoms with E-state index < -0.39 is 0 Å². The second-order valence-corrected chi connectivity index (χ2v) is 4.65. The van der Waals surface area contributed by atoms with E-state index in [1.165, 1.54) is 16.7 Å². The fraction of sp³-hybridized carbons (Fsp3) is 0.500. The van der Waals surface area contributed by atoms with Gasteiger partial charge < -0.3 is 11.1 Å². The van der Waals surface area contributed by atoms with Gasteiger partial charge in [-0.2, -0.15) is 0 Å². The van der Waals surface area contributed by atoms with Gasteiger partial charge in [0.2, 0.25) is 5.91 Å². The monoisotopic (exact) mass is 270 g/mol. The predicted molar refractivity (Wildman–Crippen MR) is 78.1 cm³/mol. The Labute approximate surface area is 116 Å². The highest BCUT2D eigenvalue weighted by atomic mass is 35.5. The molecule has 3 nitrogen and oxygen atoms in total. The lowest BCUT2D eigenvalue weighted by molar-refractivity contribution is -0.121. The van der Waals surface area contributed by atoms with E-state index in [-0.39, 0.29) is 24.4 Å². The van der Waals surface area contributed by atoms with Gasteiger partial charge >= 0.3 is 0 Å². The fourth-order valence-corrected chi connectivity index (χ4v) is 1.93. The van der Waals surface area contributed by atoms with Crippen molar-refractivity contribution in [2.75, 3.05) is 6.54 Å². The van der Waals surface area contributed by atoms with Crippen LogP contribution in [-0.2, 0) is 11.2 Å². The third-order valence-corrected chi connectivity index (χ3v) is 2.85. The first-order chi connectivity index (χ1) is 8.00. The van der Waals surface area contributed by atoms with Gasteiger partial charge in [-0.15, -0.1) is 12.4 Å². The molecule has 0 fully saturated rings. The van der Waals surface area contributed by atoms with Gasteiger partial charge in [-0.05, 0) is 43.9 Å². The largest absolute Gasteiger partial charge is 0.356 e. The lowest BCUT2D eigenvalue weighted by Gasteiger charge is -2.11. The number of nitrogens with two attached hydrogens (primary N) is 1. The third kappa shape index (κ3) is 5.52. The zero-order chi connectivity index (χ0) is 12.8. The van der Waals surface area contributed by atoms with Crippen LogP contribution < -0.4 is 11.1 Å². The summed E-state index contributed by atoms with van der Waals surface area (Å²) in [6, 6.07) is 6.19. The Morgan fingerprint density at radius 1 is 1.33 bits per heavy atom. The SMILES string of the molecule is Cc1cccc(C)c1CCNC(=O)CC(C)N.Cl. The Morgan fingerprint density at radius 2 is 1.89 bits per heavy atom. The normalized spacial score (nSPS) is 11.6. The molecule has 1 unspecified atom stereocenters. The molecule has 0 radical (unpaired) electrons. The summed E-state index contributed by atoms with van der Waals surface area (Å²) in [4.78, 5) is 11.4. The quantitative estimate of drug-likeness (QED) is 0.861. The molecule has 1 atom stereocenters. The molecular weight excluding hydrogens is 248 g/mol. The lowest BCUT2D eigenvalue weighted by Crippen LogP contribution is -2.31. The summed E-state index contributed by atoms with van der Waals surface area (Å²) in [5.74, 6) is 0.0336. The van der Waals surface area contributed by atoms with Crippen molar-refractivity contribution in [2.24, 2.45) is 5.73 Å². The van der Waals surface area contributed by atoms with Crippen LogP contribution in [0.1, 0.15) is 30.0 Å². The minimum atomic E-state index is -0.0739. The zero-order valence-electron chi connectivity index (χ0n) is 11.3. The molecule has 0 bridgehead atoms. The van der Waals surface area contributed by atoms with Gasteiger partial charge in [0.25, 0.3) is 0 Å². The van der Waals surface area contributed by atoms with Crippen molar-refractivity contribution >= 4 is 18.3 Å². The number of carbonyl (C=O) groups is 1. The van der Waals surface area contributed by atoms with E-state index in [0.29, 0.717) is 13.0 Å². The Bertz CT molecular complexity index is 371. The Kier molecular flexibility index (Phi) is 7.64. The molecule has 1 amide bonds. The molecule has 0 heterocycles. The topological polar surface area (TPSA) is 55.1 Å². The fourth-order valence-electron chi connectivity index (χ4n) is 1.93. The maximum Gasteiger partial charge on any atom is 0.221 e. The molecule has 0 aliphatic rings. The molecule has 1 aromatic carbocycles. The van der Waals surface area contributed by atoms with Gasteiger partial charge in [-0.25, -0.2) is 0 Å². The smallest absolute Gasteiger partial charge is 0.221 e. The van der Waals surface area contributed by atoms with Crippen LogP contribution >= 0.6 is 12.4 Å². The molecule has 0 aliphatic carbocycles. The van der Waals surface area contributed by atoms with E-state index >= 15 is 0 Å². The number of hydrogen-bond acceptors (Lipinski definition) is 2. The first kappa shape index (κ1) is 16.9. The molecule has 4 heteroatoms. The summed E-state index contributed by atoms with van der Waals surface area (Å²) in [6.45, 7) is 6.72. The van der Waals surface area contributed by atoms with Gasteiger partial charge in [0.1, 0.15) is 0 Å². The van der Waals surface area contributed by atoms with Crippen LogP contribution in [0.5, 0.6) is 0 Å². The first-order valence-corrected chi connectivity index (χ1v) is 6.08. The van der Waals surface area contributed by atoms with Crippen molar-refractivity contribution in [1.29, 1.82) is 0 Å². The van der Waals surface area contributed by atoms with Crippen LogP contribution in [0.25, 0.3) is 0 Å². The van der Waals surface area contributed by atoms with Crippen molar-refractivity contribution in [3.8, 4) is 0 Å².